The van der Waals surface area contributed by atoms with Gasteiger partial charge in [0.15, 0.2) is 0 Å². The number of likely N-dealkylation sites (tertiary alicyclic amines) is 1. The quantitative estimate of drug-likeness (QED) is 0.259. The Hall–Kier alpha value is -4.37. The summed E-state index contributed by atoms with van der Waals surface area (Å²) < 4.78 is 7.78. The van der Waals surface area contributed by atoms with Gasteiger partial charge in [0.1, 0.15) is 12.4 Å². The van der Waals surface area contributed by atoms with Crippen molar-refractivity contribution in [1.82, 2.24) is 24.6 Å². The van der Waals surface area contributed by atoms with Gasteiger partial charge in [-0.05, 0) is 74.2 Å². The summed E-state index contributed by atoms with van der Waals surface area (Å²) in [5.74, 6) is 1.06. The molecule has 1 atom stereocenters. The molecule has 4 heterocycles. The summed E-state index contributed by atoms with van der Waals surface area (Å²) in [6, 6.07) is 9.51. The molecule has 1 aliphatic carbocycles. The average molecular weight is 553 g/mol. The molecule has 1 aromatic carbocycles. The maximum Gasteiger partial charge on any atom is 0.258 e. The molecular weight excluding hydrogens is 516 g/mol. The molecule has 1 unspecified atom stereocenters. The number of nitrogens with one attached hydrogen (secondary N) is 3. The van der Waals surface area contributed by atoms with Crippen molar-refractivity contribution in [3.8, 4) is 17.0 Å². The number of piperidine rings is 1. The SMILES string of the molecule is CC1C=CC(Cn2cc(C(=O)Nc3c[nH]c(=O)c(-c4cc5cc(OCCN6CCCCC6)ccc5[nH]4)c3)cn2)=CC1. The molecule has 0 radical (unpaired) electrons. The average Bonchev–Trinajstić information content (AvgIpc) is 3.63. The van der Waals surface area contributed by atoms with Gasteiger partial charge in [-0.1, -0.05) is 31.6 Å². The standard InChI is InChI=1S/C32H36N6O3/c1-22-5-7-23(8-6-22)20-38-21-25(18-34-38)31(39)35-26-17-28(32(40)33-19-26)30-16-24-15-27(9-10-29(24)36-30)41-14-13-37-11-3-2-4-12-37/h5,7-10,15-19,21-22,36H,2-4,6,11-14,20H2,1H3,(H,33,40)(H,35,39). The third kappa shape index (κ3) is 6.52. The van der Waals surface area contributed by atoms with E-state index in [-0.39, 0.29) is 11.5 Å². The number of H-pyrrole nitrogens is 2. The smallest absolute Gasteiger partial charge is 0.258 e. The zero-order valence-corrected chi connectivity index (χ0v) is 23.4. The summed E-state index contributed by atoms with van der Waals surface area (Å²) in [4.78, 5) is 34.2. The number of fused-ring (bicyclic) bond motifs is 1. The second-order valence-corrected chi connectivity index (χ2v) is 11.0. The minimum atomic E-state index is -0.293. The highest BCUT2D eigenvalue weighted by Gasteiger charge is 2.14. The zero-order chi connectivity index (χ0) is 28.2. The molecule has 2 aliphatic rings. The molecule has 1 amide bonds. The van der Waals surface area contributed by atoms with E-state index in [0.29, 0.717) is 41.6 Å². The van der Waals surface area contributed by atoms with Gasteiger partial charge in [-0.2, -0.15) is 5.10 Å². The van der Waals surface area contributed by atoms with E-state index in [4.69, 9.17) is 4.74 Å². The summed E-state index contributed by atoms with van der Waals surface area (Å²) in [6.07, 6.45) is 16.2. The van der Waals surface area contributed by atoms with E-state index in [1.54, 1.807) is 23.1 Å². The van der Waals surface area contributed by atoms with E-state index in [1.807, 2.05) is 24.3 Å². The summed E-state index contributed by atoms with van der Waals surface area (Å²) in [5.41, 5.74) is 3.88. The Morgan fingerprint density at radius 1 is 1.17 bits per heavy atom. The Bertz CT molecular complexity index is 1650. The molecule has 3 aromatic heterocycles. The fourth-order valence-corrected chi connectivity index (χ4v) is 5.42. The maximum absolute atomic E-state index is 13.0. The van der Waals surface area contributed by atoms with Gasteiger partial charge in [-0.3, -0.25) is 19.2 Å². The monoisotopic (exact) mass is 552 g/mol. The van der Waals surface area contributed by atoms with Crippen LogP contribution < -0.4 is 15.6 Å². The number of carbonyl (C=O) groups is 1. The second-order valence-electron chi connectivity index (χ2n) is 11.0. The zero-order valence-electron chi connectivity index (χ0n) is 23.4. The normalized spacial score (nSPS) is 17.5. The number of benzene rings is 1. The minimum Gasteiger partial charge on any atom is -0.492 e. The minimum absolute atomic E-state index is 0.247. The highest BCUT2D eigenvalue weighted by molar-refractivity contribution is 6.04. The van der Waals surface area contributed by atoms with Gasteiger partial charge in [0.05, 0.1) is 35.2 Å². The van der Waals surface area contributed by atoms with E-state index < -0.39 is 0 Å². The van der Waals surface area contributed by atoms with Crippen molar-refractivity contribution in [1.29, 1.82) is 0 Å². The molecule has 212 valence electrons. The van der Waals surface area contributed by atoms with Gasteiger partial charge >= 0.3 is 0 Å². The molecule has 1 aliphatic heterocycles. The van der Waals surface area contributed by atoms with Crippen molar-refractivity contribution >= 4 is 22.5 Å². The first-order chi connectivity index (χ1) is 20.0. The topological polar surface area (TPSA) is 108 Å². The number of amides is 1. The summed E-state index contributed by atoms with van der Waals surface area (Å²) >= 11 is 0. The van der Waals surface area contributed by atoms with E-state index in [2.05, 4.69) is 50.4 Å². The number of ether oxygens (including phenoxy) is 1. The van der Waals surface area contributed by atoms with E-state index >= 15 is 0 Å². The first-order valence-corrected chi connectivity index (χ1v) is 14.4. The van der Waals surface area contributed by atoms with Gasteiger partial charge in [0.2, 0.25) is 0 Å². The lowest BCUT2D eigenvalue weighted by atomic mass is 9.99. The molecule has 0 bridgehead atoms. The van der Waals surface area contributed by atoms with Gasteiger partial charge < -0.3 is 20.0 Å². The summed E-state index contributed by atoms with van der Waals surface area (Å²) in [7, 11) is 0. The molecule has 41 heavy (non-hydrogen) atoms. The highest BCUT2D eigenvalue weighted by Crippen LogP contribution is 2.27. The fraction of sp³-hybridized carbons (Fsp3) is 0.344. The first-order valence-electron chi connectivity index (χ1n) is 14.4. The van der Waals surface area contributed by atoms with E-state index in [1.165, 1.54) is 31.0 Å². The van der Waals surface area contributed by atoms with E-state index in [0.717, 1.165) is 42.7 Å². The lowest BCUT2D eigenvalue weighted by molar-refractivity contribution is 0.102. The molecule has 3 N–H and O–H groups in total. The third-order valence-corrected chi connectivity index (χ3v) is 7.80. The number of hydrogen-bond acceptors (Lipinski definition) is 5. The van der Waals surface area contributed by atoms with Crippen LogP contribution in [0.4, 0.5) is 5.69 Å². The largest absolute Gasteiger partial charge is 0.492 e. The molecule has 9 nitrogen and oxygen atoms in total. The molecule has 1 fully saturated rings. The number of rotatable bonds is 9. The Morgan fingerprint density at radius 3 is 2.88 bits per heavy atom. The Morgan fingerprint density at radius 2 is 2.05 bits per heavy atom. The van der Waals surface area contributed by atoms with Crippen molar-refractivity contribution in [2.24, 2.45) is 5.92 Å². The van der Waals surface area contributed by atoms with Crippen LogP contribution in [0, 0.1) is 5.92 Å². The Kier molecular flexibility index (Phi) is 7.86. The molecule has 6 rings (SSSR count). The Labute approximate surface area is 238 Å². The number of nitrogens with zero attached hydrogens (tertiary/aromatic N) is 3. The summed E-state index contributed by atoms with van der Waals surface area (Å²) in [6.45, 7) is 6.68. The molecule has 0 spiro atoms. The van der Waals surface area contributed by atoms with Crippen molar-refractivity contribution in [2.75, 3.05) is 31.6 Å². The number of aromatic nitrogens is 4. The van der Waals surface area contributed by atoms with Crippen molar-refractivity contribution in [3.63, 3.8) is 0 Å². The number of pyridine rings is 1. The van der Waals surface area contributed by atoms with Crippen LogP contribution in [0.1, 0.15) is 43.0 Å². The predicted octanol–water partition coefficient (Wildman–Crippen LogP) is 5.36. The van der Waals surface area contributed by atoms with Crippen molar-refractivity contribution in [2.45, 2.75) is 39.2 Å². The van der Waals surface area contributed by atoms with Crippen molar-refractivity contribution < 1.29 is 9.53 Å². The van der Waals surface area contributed by atoms with Crippen LogP contribution in [0.15, 0.2) is 77.5 Å². The van der Waals surface area contributed by atoms with Gasteiger partial charge in [-0.25, -0.2) is 0 Å². The lowest BCUT2D eigenvalue weighted by Gasteiger charge is -2.26. The van der Waals surface area contributed by atoms with Crippen LogP contribution in [0.3, 0.4) is 0 Å². The second kappa shape index (κ2) is 12.0. The third-order valence-electron chi connectivity index (χ3n) is 7.80. The van der Waals surface area contributed by atoms with Gasteiger partial charge in [0, 0.05) is 29.8 Å². The fourth-order valence-electron chi connectivity index (χ4n) is 5.42. The van der Waals surface area contributed by atoms with Crippen LogP contribution in [0.2, 0.25) is 0 Å². The molecule has 9 heteroatoms. The number of hydrogen-bond donors (Lipinski definition) is 3. The number of allylic oxidation sites excluding steroid dienone is 4. The molecular formula is C32H36N6O3. The number of carbonyl (C=O) groups excluding carboxylic acids is 1. The van der Waals surface area contributed by atoms with Crippen LogP contribution in [-0.2, 0) is 6.54 Å². The van der Waals surface area contributed by atoms with Crippen molar-refractivity contribution in [3.05, 3.63) is 88.6 Å². The molecule has 0 saturated carbocycles. The number of anilines is 1. The predicted molar refractivity (Wildman–Crippen MR) is 161 cm³/mol. The lowest BCUT2D eigenvalue weighted by Crippen LogP contribution is -2.33. The molecule has 4 aromatic rings. The highest BCUT2D eigenvalue weighted by atomic mass is 16.5. The van der Waals surface area contributed by atoms with Gasteiger partial charge in [-0.15, -0.1) is 0 Å². The van der Waals surface area contributed by atoms with Crippen LogP contribution in [-0.4, -0.2) is 56.8 Å². The van der Waals surface area contributed by atoms with E-state index in [9.17, 15) is 9.59 Å². The molecule has 1 saturated heterocycles. The first kappa shape index (κ1) is 26.8. The maximum atomic E-state index is 13.0. The number of aromatic amines is 2. The Balaban J connectivity index is 1.11. The van der Waals surface area contributed by atoms with Crippen LogP contribution in [0.5, 0.6) is 5.75 Å². The van der Waals surface area contributed by atoms with Crippen LogP contribution >= 0.6 is 0 Å². The van der Waals surface area contributed by atoms with Crippen LogP contribution in [0.25, 0.3) is 22.2 Å². The summed E-state index contributed by atoms with van der Waals surface area (Å²) in [5, 5.41) is 8.19. The van der Waals surface area contributed by atoms with Gasteiger partial charge in [0.25, 0.3) is 11.5 Å².